The predicted molar refractivity (Wildman–Crippen MR) is 92.4 cm³/mol. The van der Waals surface area contributed by atoms with Crippen molar-refractivity contribution in [1.29, 1.82) is 0 Å². The third kappa shape index (κ3) is 2.47. The lowest BCUT2D eigenvalue weighted by Crippen LogP contribution is -2.37. The van der Waals surface area contributed by atoms with E-state index in [0.29, 0.717) is 30.1 Å². The second-order valence-electron chi connectivity index (χ2n) is 7.07. The van der Waals surface area contributed by atoms with E-state index in [-0.39, 0.29) is 11.8 Å². The summed E-state index contributed by atoms with van der Waals surface area (Å²) < 4.78 is 1.70. The van der Waals surface area contributed by atoms with Crippen LogP contribution in [-0.2, 0) is 11.8 Å². The minimum Gasteiger partial charge on any atom is -0.481 e. The molecule has 1 aliphatic carbocycles. The zero-order valence-electron chi connectivity index (χ0n) is 14.2. The molecular formula is C17H20N4O3S. The van der Waals surface area contributed by atoms with Gasteiger partial charge in [0.2, 0.25) is 0 Å². The zero-order chi connectivity index (χ0) is 17.8. The third-order valence-electron chi connectivity index (χ3n) is 5.53. The van der Waals surface area contributed by atoms with Gasteiger partial charge in [0.05, 0.1) is 17.3 Å². The van der Waals surface area contributed by atoms with Crippen molar-refractivity contribution >= 4 is 23.2 Å². The highest BCUT2D eigenvalue weighted by Crippen LogP contribution is 2.49. The fourth-order valence-electron chi connectivity index (χ4n) is 4.19. The van der Waals surface area contributed by atoms with Gasteiger partial charge >= 0.3 is 5.97 Å². The van der Waals surface area contributed by atoms with Crippen LogP contribution in [0.4, 0.5) is 0 Å². The first-order valence-corrected chi connectivity index (χ1v) is 9.21. The molecule has 25 heavy (non-hydrogen) atoms. The van der Waals surface area contributed by atoms with Gasteiger partial charge in [-0.1, -0.05) is 6.42 Å². The molecule has 0 radical (unpaired) electrons. The molecule has 2 fully saturated rings. The van der Waals surface area contributed by atoms with Crippen LogP contribution in [0.15, 0.2) is 12.4 Å². The highest BCUT2D eigenvalue weighted by atomic mass is 32.1. The molecule has 0 aromatic carbocycles. The first-order valence-electron chi connectivity index (χ1n) is 8.40. The summed E-state index contributed by atoms with van der Waals surface area (Å²) in [6.07, 6.45) is 6.08. The lowest BCUT2D eigenvalue weighted by molar-refractivity contribution is -0.149. The predicted octanol–water partition coefficient (Wildman–Crippen LogP) is 2.18. The molecule has 1 N–H and O–H groups in total. The van der Waals surface area contributed by atoms with Gasteiger partial charge in [-0.15, -0.1) is 11.3 Å². The summed E-state index contributed by atoms with van der Waals surface area (Å²) in [5, 5.41) is 14.6. The number of aryl methyl sites for hydroxylation is 2. The first kappa shape index (κ1) is 16.3. The maximum absolute atomic E-state index is 13.0. The van der Waals surface area contributed by atoms with Crippen molar-refractivity contribution in [3.05, 3.63) is 23.0 Å². The fraction of sp³-hybridized carbons (Fsp3) is 0.529. The molecule has 1 aliphatic heterocycles. The third-order valence-corrected chi connectivity index (χ3v) is 6.72. The van der Waals surface area contributed by atoms with Gasteiger partial charge in [-0.05, 0) is 25.7 Å². The highest BCUT2D eigenvalue weighted by molar-refractivity contribution is 7.17. The van der Waals surface area contributed by atoms with E-state index in [1.165, 1.54) is 11.3 Å². The van der Waals surface area contributed by atoms with Gasteiger partial charge in [0, 0.05) is 31.9 Å². The first-order chi connectivity index (χ1) is 11.9. The summed E-state index contributed by atoms with van der Waals surface area (Å²) in [6, 6.07) is 0. The van der Waals surface area contributed by atoms with Crippen LogP contribution in [0.3, 0.4) is 0 Å². The number of carboxylic acid groups (broad SMARTS) is 1. The van der Waals surface area contributed by atoms with E-state index in [1.54, 1.807) is 15.8 Å². The zero-order valence-corrected chi connectivity index (χ0v) is 15.0. The van der Waals surface area contributed by atoms with E-state index in [4.69, 9.17) is 0 Å². The number of carboxylic acids is 1. The molecule has 2 aromatic rings. The van der Waals surface area contributed by atoms with Crippen molar-refractivity contribution < 1.29 is 14.7 Å². The number of aromatic nitrogens is 3. The van der Waals surface area contributed by atoms with E-state index >= 15 is 0 Å². The van der Waals surface area contributed by atoms with Gasteiger partial charge in [0.15, 0.2) is 0 Å². The van der Waals surface area contributed by atoms with Gasteiger partial charge < -0.3 is 10.0 Å². The van der Waals surface area contributed by atoms with Crippen molar-refractivity contribution in [3.8, 4) is 10.6 Å². The molecule has 0 unspecified atom stereocenters. The Bertz CT molecular complexity index is 858. The summed E-state index contributed by atoms with van der Waals surface area (Å²) in [7, 11) is 1.84. The van der Waals surface area contributed by atoms with Crippen LogP contribution in [0, 0.1) is 18.3 Å². The molecule has 3 heterocycles. The molecule has 1 saturated heterocycles. The fourth-order valence-corrected chi connectivity index (χ4v) is 5.20. The minimum atomic E-state index is -0.762. The van der Waals surface area contributed by atoms with Crippen molar-refractivity contribution in [2.24, 2.45) is 18.4 Å². The quantitative estimate of drug-likeness (QED) is 0.906. The number of thiazole rings is 1. The largest absolute Gasteiger partial charge is 0.481 e. The Labute approximate surface area is 149 Å². The second-order valence-corrected chi connectivity index (χ2v) is 8.07. The average Bonchev–Trinajstić information content (AvgIpc) is 3.28. The lowest BCUT2D eigenvalue weighted by Gasteiger charge is -2.23. The van der Waals surface area contributed by atoms with Crippen LogP contribution in [0.5, 0.6) is 0 Å². The molecule has 132 valence electrons. The molecule has 2 atom stereocenters. The van der Waals surface area contributed by atoms with E-state index in [1.807, 2.05) is 20.2 Å². The van der Waals surface area contributed by atoms with Crippen molar-refractivity contribution in [2.45, 2.75) is 26.2 Å². The smallest absolute Gasteiger partial charge is 0.311 e. The van der Waals surface area contributed by atoms with Crippen LogP contribution < -0.4 is 0 Å². The summed E-state index contributed by atoms with van der Waals surface area (Å²) in [6.45, 7) is 2.67. The van der Waals surface area contributed by atoms with Crippen LogP contribution in [0.1, 0.15) is 34.6 Å². The number of aliphatic carboxylic acids is 1. The molecule has 1 saturated carbocycles. The second kappa shape index (κ2) is 5.66. The average molecular weight is 360 g/mol. The maximum Gasteiger partial charge on any atom is 0.311 e. The standard InChI is InChI=1S/C17H20N4O3S/c1-10-13(25-14(19-10)11-6-18-20(2)7-11)15(22)21-8-12-4-3-5-17(12,9-21)16(23)24/h6-7,12H,3-5,8-9H2,1-2H3,(H,23,24)/t12-,17+/m0/s1. The molecule has 4 rings (SSSR count). The molecule has 1 amide bonds. The van der Waals surface area contributed by atoms with E-state index in [2.05, 4.69) is 10.1 Å². The molecule has 7 nitrogen and oxygen atoms in total. The van der Waals surface area contributed by atoms with Gasteiger partial charge in [0.1, 0.15) is 9.88 Å². The lowest BCUT2D eigenvalue weighted by atomic mass is 9.81. The Kier molecular flexibility index (Phi) is 3.68. The van der Waals surface area contributed by atoms with Crippen LogP contribution in [0.25, 0.3) is 10.6 Å². The van der Waals surface area contributed by atoms with Crippen molar-refractivity contribution in [3.63, 3.8) is 0 Å². The Hall–Kier alpha value is -2.22. The summed E-state index contributed by atoms with van der Waals surface area (Å²) >= 11 is 1.35. The van der Waals surface area contributed by atoms with Crippen molar-refractivity contribution in [2.75, 3.05) is 13.1 Å². The number of carbonyl (C=O) groups excluding carboxylic acids is 1. The normalized spacial score (nSPS) is 25.4. The maximum atomic E-state index is 13.0. The SMILES string of the molecule is Cc1nc(-c2cnn(C)c2)sc1C(=O)N1C[C@@H]2CCC[C@@]2(C(=O)O)C1. The number of rotatable bonds is 3. The van der Waals surface area contributed by atoms with Gasteiger partial charge in [-0.2, -0.15) is 5.10 Å². The van der Waals surface area contributed by atoms with Crippen LogP contribution in [0.2, 0.25) is 0 Å². The Morgan fingerprint density at radius 1 is 1.44 bits per heavy atom. The summed E-state index contributed by atoms with van der Waals surface area (Å²) in [5.41, 5.74) is 0.825. The molecule has 8 heteroatoms. The number of hydrogen-bond donors (Lipinski definition) is 1. The molecule has 2 aliphatic rings. The van der Waals surface area contributed by atoms with Gasteiger partial charge in [-0.3, -0.25) is 14.3 Å². The Morgan fingerprint density at radius 3 is 2.88 bits per heavy atom. The number of likely N-dealkylation sites (tertiary alicyclic amines) is 1. The molecule has 0 bridgehead atoms. The Morgan fingerprint density at radius 2 is 2.24 bits per heavy atom. The monoisotopic (exact) mass is 360 g/mol. The van der Waals surface area contributed by atoms with Crippen molar-refractivity contribution in [1.82, 2.24) is 19.7 Å². The summed E-state index contributed by atoms with van der Waals surface area (Å²) in [4.78, 5) is 31.6. The number of hydrogen-bond acceptors (Lipinski definition) is 5. The molecule has 2 aromatic heterocycles. The van der Waals surface area contributed by atoms with E-state index < -0.39 is 11.4 Å². The number of carbonyl (C=O) groups is 2. The molecule has 0 spiro atoms. The van der Waals surface area contributed by atoms with Crippen LogP contribution in [-0.4, -0.2) is 49.7 Å². The van der Waals surface area contributed by atoms with E-state index in [9.17, 15) is 14.7 Å². The molecular weight excluding hydrogens is 340 g/mol. The number of nitrogens with zero attached hydrogens (tertiary/aromatic N) is 4. The summed E-state index contributed by atoms with van der Waals surface area (Å²) in [5.74, 6) is -0.789. The highest BCUT2D eigenvalue weighted by Gasteiger charge is 2.56. The Balaban J connectivity index is 1.60. The van der Waals surface area contributed by atoms with Gasteiger partial charge in [-0.25, -0.2) is 4.98 Å². The van der Waals surface area contributed by atoms with Gasteiger partial charge in [0.25, 0.3) is 5.91 Å². The number of fused-ring (bicyclic) bond motifs is 1. The minimum absolute atomic E-state index is 0.0694. The topological polar surface area (TPSA) is 88.3 Å². The number of amides is 1. The van der Waals surface area contributed by atoms with E-state index in [0.717, 1.165) is 23.4 Å². The van der Waals surface area contributed by atoms with Crippen LogP contribution >= 0.6 is 11.3 Å².